The van der Waals surface area contributed by atoms with Gasteiger partial charge in [-0.25, -0.2) is 4.79 Å². The molecule has 0 saturated carbocycles. The highest BCUT2D eigenvalue weighted by molar-refractivity contribution is 5.95. The Hall–Kier alpha value is -3.81. The Kier molecular flexibility index (Phi) is 5.73. The lowest BCUT2D eigenvalue weighted by Gasteiger charge is -2.43. The summed E-state index contributed by atoms with van der Waals surface area (Å²) in [6.45, 7) is 4.03. The lowest BCUT2D eigenvalue weighted by atomic mass is 9.86. The molecule has 2 aliphatic rings. The number of methoxy groups -OCH3 is 1. The zero-order valence-corrected chi connectivity index (χ0v) is 19.5. The summed E-state index contributed by atoms with van der Waals surface area (Å²) in [6.07, 6.45) is 5.14. The largest absolute Gasteiger partial charge is 0.497 e. The van der Waals surface area contributed by atoms with Crippen LogP contribution >= 0.6 is 0 Å². The molecule has 3 amide bonds. The quantitative estimate of drug-likeness (QED) is 0.627. The minimum absolute atomic E-state index is 0.00449. The van der Waals surface area contributed by atoms with Gasteiger partial charge in [0.2, 0.25) is 5.91 Å². The van der Waals surface area contributed by atoms with Crippen LogP contribution in [0.2, 0.25) is 0 Å². The van der Waals surface area contributed by atoms with Crippen LogP contribution in [0, 0.1) is 0 Å². The number of rotatable bonds is 5. The standard InChI is InChI=1S/C26H29N5O3/c1-19(32)29-12-10-26(11-13-29)18-30(23-8-6-21(7-9-23)22-15-27-28-16-22)25(33)31(26)17-20-4-3-5-24(14-20)34-2/h3-9,14-16H,10-13,17-18H2,1-2H3,(H,27,28). The molecule has 0 atom stereocenters. The molecule has 0 unspecified atom stereocenters. The number of hydrogen-bond donors (Lipinski definition) is 1. The first-order valence-electron chi connectivity index (χ1n) is 11.6. The zero-order valence-electron chi connectivity index (χ0n) is 19.5. The fraction of sp³-hybridized carbons (Fsp3) is 0.346. The molecule has 0 aliphatic carbocycles. The van der Waals surface area contributed by atoms with Crippen molar-refractivity contribution in [3.8, 4) is 16.9 Å². The third-order valence-electron chi connectivity index (χ3n) is 7.11. The molecule has 2 aliphatic heterocycles. The second kappa shape index (κ2) is 8.85. The molecule has 2 saturated heterocycles. The SMILES string of the molecule is COc1cccc(CN2C(=O)N(c3ccc(-c4cn[nH]c4)cc3)CC23CCN(C(C)=O)CC3)c1. The normalized spacial score (nSPS) is 17.5. The Morgan fingerprint density at radius 3 is 2.53 bits per heavy atom. The van der Waals surface area contributed by atoms with Crippen molar-refractivity contribution in [1.29, 1.82) is 0 Å². The molecule has 8 nitrogen and oxygen atoms in total. The number of benzene rings is 2. The van der Waals surface area contributed by atoms with Gasteiger partial charge in [-0.15, -0.1) is 0 Å². The fourth-order valence-electron chi connectivity index (χ4n) is 5.09. The van der Waals surface area contributed by atoms with Crippen LogP contribution in [-0.2, 0) is 11.3 Å². The number of hydrogen-bond acceptors (Lipinski definition) is 4. The van der Waals surface area contributed by atoms with Crippen molar-refractivity contribution >= 4 is 17.6 Å². The third kappa shape index (κ3) is 4.00. The Labute approximate surface area is 199 Å². The summed E-state index contributed by atoms with van der Waals surface area (Å²) in [5, 5.41) is 6.85. The Bertz CT molecular complexity index is 1170. The number of likely N-dealkylation sites (tertiary alicyclic amines) is 1. The first-order chi connectivity index (χ1) is 16.5. The number of piperidine rings is 1. The van der Waals surface area contributed by atoms with Crippen molar-refractivity contribution in [1.82, 2.24) is 20.0 Å². The highest BCUT2D eigenvalue weighted by Gasteiger charge is 2.51. The maximum atomic E-state index is 13.8. The number of carbonyl (C=O) groups is 2. The van der Waals surface area contributed by atoms with Gasteiger partial charge in [0.05, 0.1) is 25.4 Å². The monoisotopic (exact) mass is 459 g/mol. The number of ether oxygens (including phenoxy) is 1. The molecule has 8 heteroatoms. The summed E-state index contributed by atoms with van der Waals surface area (Å²) in [5.41, 5.74) is 3.63. The van der Waals surface area contributed by atoms with Crippen LogP contribution in [0.15, 0.2) is 60.9 Å². The summed E-state index contributed by atoms with van der Waals surface area (Å²) < 4.78 is 5.39. The number of aromatic amines is 1. The molecule has 5 rings (SSSR count). The van der Waals surface area contributed by atoms with Crippen LogP contribution in [0.3, 0.4) is 0 Å². The van der Waals surface area contributed by atoms with Crippen molar-refractivity contribution in [2.45, 2.75) is 31.8 Å². The molecule has 1 aromatic heterocycles. The van der Waals surface area contributed by atoms with Crippen LogP contribution in [-0.4, -0.2) is 64.2 Å². The van der Waals surface area contributed by atoms with Crippen molar-refractivity contribution in [2.24, 2.45) is 0 Å². The molecule has 1 N–H and O–H groups in total. The lowest BCUT2D eigenvalue weighted by molar-refractivity contribution is -0.131. The molecule has 2 fully saturated rings. The van der Waals surface area contributed by atoms with E-state index in [-0.39, 0.29) is 17.5 Å². The molecule has 3 aromatic rings. The van der Waals surface area contributed by atoms with E-state index in [0.717, 1.165) is 41.0 Å². The fourth-order valence-corrected chi connectivity index (χ4v) is 5.09. The van der Waals surface area contributed by atoms with Crippen molar-refractivity contribution in [2.75, 3.05) is 31.6 Å². The molecular weight excluding hydrogens is 430 g/mol. The molecule has 2 aromatic carbocycles. The van der Waals surface area contributed by atoms with E-state index in [4.69, 9.17) is 4.74 Å². The molecular formula is C26H29N5O3. The molecule has 3 heterocycles. The van der Waals surface area contributed by atoms with Gasteiger partial charge < -0.3 is 14.5 Å². The molecule has 1 spiro atoms. The lowest BCUT2D eigenvalue weighted by Crippen LogP contribution is -2.54. The van der Waals surface area contributed by atoms with E-state index in [9.17, 15) is 9.59 Å². The van der Waals surface area contributed by atoms with Gasteiger partial charge in [0.1, 0.15) is 5.75 Å². The Morgan fingerprint density at radius 1 is 1.12 bits per heavy atom. The molecule has 34 heavy (non-hydrogen) atoms. The number of nitrogens with one attached hydrogen (secondary N) is 1. The van der Waals surface area contributed by atoms with E-state index in [1.807, 2.05) is 69.4 Å². The molecule has 0 bridgehead atoms. The minimum atomic E-state index is -0.324. The summed E-state index contributed by atoms with van der Waals surface area (Å²) in [6, 6.07) is 15.9. The molecule has 0 radical (unpaired) electrons. The number of carbonyl (C=O) groups excluding carboxylic acids is 2. The maximum absolute atomic E-state index is 13.8. The van der Waals surface area contributed by atoms with Crippen molar-refractivity contribution in [3.05, 3.63) is 66.5 Å². The second-order valence-corrected chi connectivity index (χ2v) is 9.07. The highest BCUT2D eigenvalue weighted by atomic mass is 16.5. The van der Waals surface area contributed by atoms with Crippen molar-refractivity contribution < 1.29 is 14.3 Å². The number of amides is 3. The smallest absolute Gasteiger partial charge is 0.325 e. The number of aromatic nitrogens is 2. The van der Waals surface area contributed by atoms with Crippen LogP contribution < -0.4 is 9.64 Å². The molecule has 176 valence electrons. The van der Waals surface area contributed by atoms with E-state index in [0.29, 0.717) is 26.2 Å². The first-order valence-corrected chi connectivity index (χ1v) is 11.6. The van der Waals surface area contributed by atoms with E-state index in [1.54, 1.807) is 20.2 Å². The summed E-state index contributed by atoms with van der Waals surface area (Å²) in [4.78, 5) is 31.5. The predicted octanol–water partition coefficient (Wildman–Crippen LogP) is 3.91. The van der Waals surface area contributed by atoms with Gasteiger partial charge in [-0.1, -0.05) is 24.3 Å². The van der Waals surface area contributed by atoms with Gasteiger partial charge in [0, 0.05) is 44.0 Å². The first kappa shape index (κ1) is 22.0. The maximum Gasteiger partial charge on any atom is 0.325 e. The van der Waals surface area contributed by atoms with E-state index >= 15 is 0 Å². The minimum Gasteiger partial charge on any atom is -0.497 e. The summed E-state index contributed by atoms with van der Waals surface area (Å²) in [7, 11) is 1.65. The zero-order chi connectivity index (χ0) is 23.7. The van der Waals surface area contributed by atoms with Gasteiger partial charge in [-0.2, -0.15) is 5.10 Å². The van der Waals surface area contributed by atoms with E-state index < -0.39 is 0 Å². The van der Waals surface area contributed by atoms with E-state index in [2.05, 4.69) is 10.2 Å². The Balaban J connectivity index is 1.44. The van der Waals surface area contributed by atoms with Crippen LogP contribution in [0.5, 0.6) is 5.75 Å². The number of anilines is 1. The predicted molar refractivity (Wildman–Crippen MR) is 130 cm³/mol. The van der Waals surface area contributed by atoms with Gasteiger partial charge in [0.25, 0.3) is 0 Å². The average Bonchev–Trinajstić information content (AvgIpc) is 3.49. The summed E-state index contributed by atoms with van der Waals surface area (Å²) in [5.74, 6) is 0.862. The number of H-pyrrole nitrogens is 1. The van der Waals surface area contributed by atoms with Gasteiger partial charge >= 0.3 is 6.03 Å². The Morgan fingerprint density at radius 2 is 1.88 bits per heavy atom. The topological polar surface area (TPSA) is 81.8 Å². The van der Waals surface area contributed by atoms with Gasteiger partial charge in [-0.3, -0.25) is 14.8 Å². The van der Waals surface area contributed by atoms with Crippen LogP contribution in [0.4, 0.5) is 10.5 Å². The summed E-state index contributed by atoms with van der Waals surface area (Å²) >= 11 is 0. The number of nitrogens with zero attached hydrogens (tertiary/aromatic N) is 4. The number of urea groups is 1. The third-order valence-corrected chi connectivity index (χ3v) is 7.11. The van der Waals surface area contributed by atoms with Crippen LogP contribution in [0.25, 0.3) is 11.1 Å². The van der Waals surface area contributed by atoms with Gasteiger partial charge in [0.15, 0.2) is 0 Å². The second-order valence-electron chi connectivity index (χ2n) is 9.07. The van der Waals surface area contributed by atoms with Gasteiger partial charge in [-0.05, 0) is 48.2 Å². The highest BCUT2D eigenvalue weighted by Crippen LogP contribution is 2.40. The van der Waals surface area contributed by atoms with E-state index in [1.165, 1.54) is 0 Å². The van der Waals surface area contributed by atoms with Crippen molar-refractivity contribution in [3.63, 3.8) is 0 Å². The van der Waals surface area contributed by atoms with Crippen LogP contribution in [0.1, 0.15) is 25.3 Å². The average molecular weight is 460 g/mol.